The van der Waals surface area contributed by atoms with Gasteiger partial charge in [-0.3, -0.25) is 0 Å². The highest BCUT2D eigenvalue weighted by molar-refractivity contribution is 5.91. The molecule has 0 saturated carbocycles. The van der Waals surface area contributed by atoms with Gasteiger partial charge in [0.25, 0.3) is 6.43 Å². The summed E-state index contributed by atoms with van der Waals surface area (Å²) in [6.07, 6.45) is -8.24. The molecule has 0 N–H and O–H groups in total. The van der Waals surface area contributed by atoms with Crippen LogP contribution in [0.4, 0.5) is 22.0 Å². The number of nitrogens with zero attached hydrogens (tertiary/aromatic N) is 1. The average molecular weight is 285 g/mol. The SMILES string of the molecule is COC(=O)c1nc(C(F)F)cc(C(F)(F)F)c1OC. The summed E-state index contributed by atoms with van der Waals surface area (Å²) >= 11 is 0. The number of alkyl halides is 5. The quantitative estimate of drug-likeness (QED) is 0.633. The molecule has 0 atom stereocenters. The van der Waals surface area contributed by atoms with Crippen LogP contribution in [0, 0.1) is 0 Å². The van der Waals surface area contributed by atoms with Crippen molar-refractivity contribution in [2.75, 3.05) is 14.2 Å². The summed E-state index contributed by atoms with van der Waals surface area (Å²) in [5.74, 6) is -2.26. The maximum absolute atomic E-state index is 12.7. The van der Waals surface area contributed by atoms with Crippen LogP contribution in [0.3, 0.4) is 0 Å². The van der Waals surface area contributed by atoms with Crippen molar-refractivity contribution in [2.24, 2.45) is 0 Å². The maximum Gasteiger partial charge on any atom is 0.420 e. The Labute approximate surface area is 104 Å². The zero-order valence-corrected chi connectivity index (χ0v) is 9.72. The Morgan fingerprint density at radius 1 is 1.32 bits per heavy atom. The first-order valence-corrected chi connectivity index (χ1v) is 4.75. The van der Waals surface area contributed by atoms with Crippen molar-refractivity contribution in [3.05, 3.63) is 23.0 Å². The van der Waals surface area contributed by atoms with Gasteiger partial charge in [-0.25, -0.2) is 18.6 Å². The lowest BCUT2D eigenvalue weighted by Gasteiger charge is -2.15. The summed E-state index contributed by atoms with van der Waals surface area (Å²) < 4.78 is 71.8. The van der Waals surface area contributed by atoms with Gasteiger partial charge in [-0.15, -0.1) is 0 Å². The number of halogens is 5. The highest BCUT2D eigenvalue weighted by atomic mass is 19.4. The highest BCUT2D eigenvalue weighted by Gasteiger charge is 2.38. The molecule has 0 aliphatic rings. The van der Waals surface area contributed by atoms with Crippen LogP contribution in [0.2, 0.25) is 0 Å². The summed E-state index contributed by atoms with van der Waals surface area (Å²) in [4.78, 5) is 14.4. The molecule has 1 aromatic rings. The van der Waals surface area contributed by atoms with Crippen molar-refractivity contribution in [1.29, 1.82) is 0 Å². The van der Waals surface area contributed by atoms with Crippen molar-refractivity contribution in [3.63, 3.8) is 0 Å². The second-order valence-electron chi connectivity index (χ2n) is 3.27. The van der Waals surface area contributed by atoms with Crippen LogP contribution in [0.15, 0.2) is 6.07 Å². The summed E-state index contributed by atoms with van der Waals surface area (Å²) in [7, 11) is 1.74. The molecule has 0 saturated heterocycles. The van der Waals surface area contributed by atoms with Gasteiger partial charge in [-0.05, 0) is 6.07 Å². The molecule has 0 aliphatic heterocycles. The standard InChI is InChI=1S/C10H8F5NO3/c1-18-7-4(10(13,14)15)3-5(8(11)12)16-6(7)9(17)19-2/h3,8H,1-2H3. The van der Waals surface area contributed by atoms with Crippen LogP contribution in [0.5, 0.6) is 5.75 Å². The first-order chi connectivity index (χ1) is 8.72. The van der Waals surface area contributed by atoms with Crippen molar-refractivity contribution < 1.29 is 36.2 Å². The predicted molar refractivity (Wildman–Crippen MR) is 52.1 cm³/mol. The normalized spacial score (nSPS) is 11.6. The van der Waals surface area contributed by atoms with Gasteiger partial charge in [-0.2, -0.15) is 13.2 Å². The minimum Gasteiger partial charge on any atom is -0.494 e. The largest absolute Gasteiger partial charge is 0.494 e. The Hall–Kier alpha value is -1.93. The third-order valence-corrected chi connectivity index (χ3v) is 2.10. The summed E-state index contributed by atoms with van der Waals surface area (Å²) in [6, 6.07) is 0.135. The monoisotopic (exact) mass is 285 g/mol. The lowest BCUT2D eigenvalue weighted by atomic mass is 10.1. The third kappa shape index (κ3) is 3.09. The topological polar surface area (TPSA) is 48.4 Å². The lowest BCUT2D eigenvalue weighted by molar-refractivity contribution is -0.139. The van der Waals surface area contributed by atoms with Gasteiger partial charge in [0.15, 0.2) is 11.4 Å². The fourth-order valence-corrected chi connectivity index (χ4v) is 1.32. The molecule has 0 aliphatic carbocycles. The van der Waals surface area contributed by atoms with Gasteiger partial charge < -0.3 is 9.47 Å². The number of hydrogen-bond acceptors (Lipinski definition) is 4. The van der Waals surface area contributed by atoms with Gasteiger partial charge in [0, 0.05) is 0 Å². The summed E-state index contributed by atoms with van der Waals surface area (Å²) in [5, 5.41) is 0. The zero-order chi connectivity index (χ0) is 14.8. The number of aromatic nitrogens is 1. The smallest absolute Gasteiger partial charge is 0.420 e. The maximum atomic E-state index is 12.7. The van der Waals surface area contributed by atoms with Gasteiger partial charge in [0.1, 0.15) is 11.3 Å². The van der Waals surface area contributed by atoms with Crippen molar-refractivity contribution in [3.8, 4) is 5.75 Å². The molecule has 0 spiro atoms. The number of rotatable bonds is 3. The van der Waals surface area contributed by atoms with E-state index in [0.717, 1.165) is 14.2 Å². The molecule has 0 fully saturated rings. The van der Waals surface area contributed by atoms with Gasteiger partial charge in [0.2, 0.25) is 0 Å². The van der Waals surface area contributed by atoms with Crippen molar-refractivity contribution in [1.82, 2.24) is 4.98 Å². The Bertz CT molecular complexity index is 487. The van der Waals surface area contributed by atoms with Crippen LogP contribution in [0.1, 0.15) is 28.2 Å². The van der Waals surface area contributed by atoms with Crippen LogP contribution < -0.4 is 4.74 Å². The fraction of sp³-hybridized carbons (Fsp3) is 0.400. The molecule has 0 unspecified atom stereocenters. The molecule has 0 radical (unpaired) electrons. The number of pyridine rings is 1. The fourth-order valence-electron chi connectivity index (χ4n) is 1.32. The van der Waals surface area contributed by atoms with E-state index in [1.54, 1.807) is 0 Å². The first-order valence-electron chi connectivity index (χ1n) is 4.75. The molecule has 0 amide bonds. The number of methoxy groups -OCH3 is 2. The van der Waals surface area contributed by atoms with E-state index in [4.69, 9.17) is 0 Å². The van der Waals surface area contributed by atoms with Crippen LogP contribution in [-0.4, -0.2) is 25.2 Å². The van der Waals surface area contributed by atoms with E-state index >= 15 is 0 Å². The van der Waals surface area contributed by atoms with E-state index in [-0.39, 0.29) is 6.07 Å². The Kier molecular flexibility index (Phi) is 4.28. The zero-order valence-electron chi connectivity index (χ0n) is 9.72. The molecular formula is C10H8F5NO3. The molecule has 4 nitrogen and oxygen atoms in total. The number of ether oxygens (including phenoxy) is 2. The number of carbonyl (C=O) groups excluding carboxylic acids is 1. The van der Waals surface area contributed by atoms with Gasteiger partial charge >= 0.3 is 12.1 Å². The molecule has 19 heavy (non-hydrogen) atoms. The Morgan fingerprint density at radius 2 is 1.89 bits per heavy atom. The van der Waals surface area contributed by atoms with E-state index in [0.29, 0.717) is 0 Å². The van der Waals surface area contributed by atoms with Crippen LogP contribution in [0.25, 0.3) is 0 Å². The molecular weight excluding hydrogens is 277 g/mol. The number of carbonyl (C=O) groups is 1. The van der Waals surface area contributed by atoms with E-state index in [9.17, 15) is 26.7 Å². The highest BCUT2D eigenvalue weighted by Crippen LogP contribution is 2.39. The van der Waals surface area contributed by atoms with Gasteiger partial charge in [-0.1, -0.05) is 0 Å². The third-order valence-electron chi connectivity index (χ3n) is 2.10. The number of hydrogen-bond donors (Lipinski definition) is 0. The van der Waals surface area contributed by atoms with E-state index in [2.05, 4.69) is 14.5 Å². The minimum atomic E-state index is -4.97. The van der Waals surface area contributed by atoms with E-state index < -0.39 is 41.3 Å². The minimum absolute atomic E-state index is 0.135. The van der Waals surface area contributed by atoms with Crippen LogP contribution >= 0.6 is 0 Å². The summed E-state index contributed by atoms with van der Waals surface area (Å²) in [6.45, 7) is 0. The Morgan fingerprint density at radius 3 is 2.26 bits per heavy atom. The molecule has 1 aromatic heterocycles. The molecule has 0 aromatic carbocycles. The average Bonchev–Trinajstić information content (AvgIpc) is 2.34. The number of esters is 1. The molecule has 1 heterocycles. The van der Waals surface area contributed by atoms with Crippen molar-refractivity contribution in [2.45, 2.75) is 12.6 Å². The predicted octanol–water partition coefficient (Wildman–Crippen LogP) is 2.83. The molecule has 9 heteroatoms. The molecule has 106 valence electrons. The molecule has 1 rings (SSSR count). The lowest BCUT2D eigenvalue weighted by Crippen LogP contribution is -2.16. The second-order valence-corrected chi connectivity index (χ2v) is 3.27. The van der Waals surface area contributed by atoms with Crippen LogP contribution in [-0.2, 0) is 10.9 Å². The first kappa shape index (κ1) is 15.1. The second kappa shape index (κ2) is 5.37. The van der Waals surface area contributed by atoms with E-state index in [1.807, 2.05) is 0 Å². The molecule has 0 bridgehead atoms. The summed E-state index contributed by atoms with van der Waals surface area (Å²) in [5.41, 5.74) is -3.65. The van der Waals surface area contributed by atoms with E-state index in [1.165, 1.54) is 0 Å². The van der Waals surface area contributed by atoms with Crippen molar-refractivity contribution >= 4 is 5.97 Å². The van der Waals surface area contributed by atoms with Gasteiger partial charge in [0.05, 0.1) is 14.2 Å². The Balaban J connectivity index is 3.61.